The Morgan fingerprint density at radius 2 is 2.05 bits per heavy atom. The van der Waals surface area contributed by atoms with E-state index in [0.717, 1.165) is 0 Å². The first-order valence-electron chi connectivity index (χ1n) is 7.01. The maximum Gasteiger partial charge on any atom is 0.337 e. The molecule has 1 unspecified atom stereocenters. The molecule has 1 N–H and O–H groups in total. The SMILES string of the molecule is COC(=O)CCOC(C(=O)OC(C)(C)C)[C@@H]1C[C@H](F)CN1. The van der Waals surface area contributed by atoms with Crippen LogP contribution in [-0.4, -0.2) is 56.1 Å². The van der Waals surface area contributed by atoms with Crippen LogP contribution in [0.1, 0.15) is 33.6 Å². The van der Waals surface area contributed by atoms with Crippen molar-refractivity contribution < 1.29 is 28.2 Å². The van der Waals surface area contributed by atoms with Gasteiger partial charge in [0.1, 0.15) is 11.8 Å². The number of halogens is 1. The Kier molecular flexibility index (Phi) is 6.54. The van der Waals surface area contributed by atoms with Crippen LogP contribution in [-0.2, 0) is 23.8 Å². The number of carbonyl (C=O) groups is 2. The molecule has 1 saturated heterocycles. The third-order valence-corrected chi connectivity index (χ3v) is 2.95. The standard InChI is InChI=1S/C14H24FNO5/c1-14(2,3)21-13(18)12(10-7-9(15)8-16-10)20-6-5-11(17)19-4/h9-10,12,16H,5-8H2,1-4H3/t9-,10-,12?/m0/s1. The van der Waals surface area contributed by atoms with E-state index in [-0.39, 0.29) is 26.0 Å². The van der Waals surface area contributed by atoms with Crippen LogP contribution < -0.4 is 5.32 Å². The molecule has 1 aliphatic rings. The van der Waals surface area contributed by atoms with E-state index < -0.39 is 35.9 Å². The van der Waals surface area contributed by atoms with Crippen LogP contribution in [0.3, 0.4) is 0 Å². The molecule has 0 saturated carbocycles. The Bertz CT molecular complexity index is 369. The molecule has 122 valence electrons. The second-order valence-electron chi connectivity index (χ2n) is 6.00. The van der Waals surface area contributed by atoms with E-state index >= 15 is 0 Å². The van der Waals surface area contributed by atoms with Gasteiger partial charge in [0.05, 0.1) is 20.1 Å². The zero-order valence-electron chi connectivity index (χ0n) is 13.0. The summed E-state index contributed by atoms with van der Waals surface area (Å²) in [4.78, 5) is 23.2. The Hall–Kier alpha value is -1.21. The smallest absolute Gasteiger partial charge is 0.337 e. The summed E-state index contributed by atoms with van der Waals surface area (Å²) in [6.45, 7) is 5.44. The van der Waals surface area contributed by atoms with E-state index in [4.69, 9.17) is 9.47 Å². The number of hydrogen-bond donors (Lipinski definition) is 1. The van der Waals surface area contributed by atoms with Crippen LogP contribution in [0.4, 0.5) is 4.39 Å². The molecule has 0 spiro atoms. The van der Waals surface area contributed by atoms with E-state index in [9.17, 15) is 14.0 Å². The molecule has 0 aliphatic carbocycles. The molecule has 1 heterocycles. The van der Waals surface area contributed by atoms with Gasteiger partial charge >= 0.3 is 11.9 Å². The summed E-state index contributed by atoms with van der Waals surface area (Å²) in [5.74, 6) is -0.986. The number of esters is 2. The van der Waals surface area contributed by atoms with Crippen molar-refractivity contribution >= 4 is 11.9 Å². The third kappa shape index (κ3) is 6.39. The van der Waals surface area contributed by atoms with E-state index in [1.54, 1.807) is 20.8 Å². The molecular formula is C14H24FNO5. The number of rotatable bonds is 6. The van der Waals surface area contributed by atoms with Crippen molar-refractivity contribution in [3.05, 3.63) is 0 Å². The summed E-state index contributed by atoms with van der Waals surface area (Å²) in [6, 6.07) is -0.451. The molecule has 0 aromatic rings. The highest BCUT2D eigenvalue weighted by atomic mass is 19.1. The quantitative estimate of drug-likeness (QED) is 0.737. The normalized spacial score (nSPS) is 23.7. The largest absolute Gasteiger partial charge is 0.469 e. The molecular weight excluding hydrogens is 281 g/mol. The van der Waals surface area contributed by atoms with Crippen molar-refractivity contribution in [2.24, 2.45) is 0 Å². The molecule has 0 amide bonds. The first-order valence-corrected chi connectivity index (χ1v) is 7.01. The predicted octanol–water partition coefficient (Wildman–Crippen LogP) is 0.976. The molecule has 1 aliphatic heterocycles. The molecule has 1 fully saturated rings. The van der Waals surface area contributed by atoms with Gasteiger partial charge in [0.25, 0.3) is 0 Å². The van der Waals surface area contributed by atoms with Crippen LogP contribution in [0.5, 0.6) is 0 Å². The van der Waals surface area contributed by atoms with Crippen LogP contribution in [0.25, 0.3) is 0 Å². The van der Waals surface area contributed by atoms with Gasteiger partial charge in [-0.05, 0) is 27.2 Å². The topological polar surface area (TPSA) is 73.9 Å². The molecule has 6 nitrogen and oxygen atoms in total. The first-order chi connectivity index (χ1) is 9.73. The van der Waals surface area contributed by atoms with Gasteiger partial charge in [-0.3, -0.25) is 4.79 Å². The van der Waals surface area contributed by atoms with Crippen LogP contribution in [0.15, 0.2) is 0 Å². The number of hydrogen-bond acceptors (Lipinski definition) is 6. The van der Waals surface area contributed by atoms with Crippen LogP contribution in [0.2, 0.25) is 0 Å². The Labute approximate surface area is 124 Å². The monoisotopic (exact) mass is 305 g/mol. The summed E-state index contributed by atoms with van der Waals surface area (Å²) in [6.07, 6.45) is -1.73. The van der Waals surface area contributed by atoms with Crippen molar-refractivity contribution in [3.8, 4) is 0 Å². The van der Waals surface area contributed by atoms with E-state index in [1.807, 2.05) is 0 Å². The van der Waals surface area contributed by atoms with Gasteiger partial charge in [0, 0.05) is 12.6 Å². The van der Waals surface area contributed by atoms with Crippen LogP contribution >= 0.6 is 0 Å². The predicted molar refractivity (Wildman–Crippen MR) is 73.5 cm³/mol. The summed E-state index contributed by atoms with van der Waals surface area (Å²) >= 11 is 0. The zero-order chi connectivity index (χ0) is 16.0. The maximum absolute atomic E-state index is 13.3. The molecule has 1 rings (SSSR count). The summed E-state index contributed by atoms with van der Waals surface area (Å²) in [5.41, 5.74) is -0.658. The lowest BCUT2D eigenvalue weighted by molar-refractivity contribution is -0.171. The average molecular weight is 305 g/mol. The molecule has 0 radical (unpaired) electrons. The Balaban J connectivity index is 2.61. The minimum atomic E-state index is -1.01. The lowest BCUT2D eigenvalue weighted by atomic mass is 10.1. The van der Waals surface area contributed by atoms with E-state index in [2.05, 4.69) is 10.1 Å². The second-order valence-corrected chi connectivity index (χ2v) is 6.00. The molecule has 0 aromatic carbocycles. The summed E-state index contributed by atoms with van der Waals surface area (Å²) in [5, 5.41) is 2.91. The maximum atomic E-state index is 13.3. The highest BCUT2D eigenvalue weighted by Crippen LogP contribution is 2.19. The van der Waals surface area contributed by atoms with Crippen molar-refractivity contribution in [2.45, 2.75) is 57.5 Å². The molecule has 7 heteroatoms. The molecule has 3 atom stereocenters. The molecule has 21 heavy (non-hydrogen) atoms. The number of nitrogens with one attached hydrogen (secondary N) is 1. The highest BCUT2D eigenvalue weighted by Gasteiger charge is 2.38. The van der Waals surface area contributed by atoms with Gasteiger partial charge in [-0.1, -0.05) is 0 Å². The van der Waals surface area contributed by atoms with Crippen molar-refractivity contribution in [1.82, 2.24) is 5.32 Å². The third-order valence-electron chi connectivity index (χ3n) is 2.95. The van der Waals surface area contributed by atoms with Crippen LogP contribution in [0, 0.1) is 0 Å². The minimum Gasteiger partial charge on any atom is -0.469 e. The zero-order valence-corrected chi connectivity index (χ0v) is 13.0. The first kappa shape index (κ1) is 17.8. The lowest BCUT2D eigenvalue weighted by Gasteiger charge is -2.27. The average Bonchev–Trinajstić information content (AvgIpc) is 2.78. The minimum absolute atomic E-state index is 0.0196. The van der Waals surface area contributed by atoms with E-state index in [1.165, 1.54) is 7.11 Å². The summed E-state index contributed by atoms with van der Waals surface area (Å²) < 4.78 is 28.5. The Morgan fingerprint density at radius 1 is 1.38 bits per heavy atom. The molecule has 0 bridgehead atoms. The van der Waals surface area contributed by atoms with Gasteiger partial charge in [-0.25, -0.2) is 9.18 Å². The Morgan fingerprint density at radius 3 is 2.52 bits per heavy atom. The number of ether oxygens (including phenoxy) is 3. The van der Waals surface area contributed by atoms with Gasteiger partial charge in [0.2, 0.25) is 0 Å². The van der Waals surface area contributed by atoms with Gasteiger partial charge in [-0.15, -0.1) is 0 Å². The van der Waals surface area contributed by atoms with Crippen molar-refractivity contribution in [2.75, 3.05) is 20.3 Å². The fourth-order valence-corrected chi connectivity index (χ4v) is 2.03. The fraction of sp³-hybridized carbons (Fsp3) is 0.857. The summed E-state index contributed by atoms with van der Waals surface area (Å²) in [7, 11) is 1.28. The van der Waals surface area contributed by atoms with Crippen molar-refractivity contribution in [1.29, 1.82) is 0 Å². The molecule has 0 aromatic heterocycles. The van der Waals surface area contributed by atoms with Crippen molar-refractivity contribution in [3.63, 3.8) is 0 Å². The number of methoxy groups -OCH3 is 1. The number of carbonyl (C=O) groups excluding carboxylic acids is 2. The second kappa shape index (κ2) is 7.70. The fourth-order valence-electron chi connectivity index (χ4n) is 2.03. The highest BCUT2D eigenvalue weighted by molar-refractivity contribution is 5.76. The van der Waals surface area contributed by atoms with Gasteiger partial charge in [-0.2, -0.15) is 0 Å². The number of alkyl halides is 1. The van der Waals surface area contributed by atoms with E-state index in [0.29, 0.717) is 0 Å². The van der Waals surface area contributed by atoms with Gasteiger partial charge in [0.15, 0.2) is 6.10 Å². The van der Waals surface area contributed by atoms with Gasteiger partial charge < -0.3 is 19.5 Å². The lowest BCUT2D eigenvalue weighted by Crippen LogP contribution is -2.45.